The van der Waals surface area contributed by atoms with Crippen LogP contribution in [0.15, 0.2) is 72.8 Å². The van der Waals surface area contributed by atoms with Crippen LogP contribution in [0.1, 0.15) is 11.1 Å². The molecule has 0 aliphatic carbocycles. The second kappa shape index (κ2) is 11.5. The molecule has 0 radical (unpaired) electrons. The van der Waals surface area contributed by atoms with Gasteiger partial charge >= 0.3 is 23.1 Å². The van der Waals surface area contributed by atoms with Gasteiger partial charge in [0, 0.05) is 0 Å². The van der Waals surface area contributed by atoms with Gasteiger partial charge < -0.3 is 0 Å². The van der Waals surface area contributed by atoms with Crippen molar-refractivity contribution in [1.82, 2.24) is 0 Å². The standard InChI is InChI=1S/2C9H9.Mg/c2*1-2-6-9-7-4-3-5-8-9;/h2*2-8H,1H2;/q2*-1;+2/b2*6-2+;. The number of allylic oxidation sites excluding steroid dienone is 2. The molecule has 92 valence electrons. The van der Waals surface area contributed by atoms with Crippen LogP contribution >= 0.6 is 0 Å². The van der Waals surface area contributed by atoms with E-state index >= 15 is 0 Å². The maximum Gasteiger partial charge on any atom is 2.00 e. The summed E-state index contributed by atoms with van der Waals surface area (Å²) in [5.74, 6) is 0. The quantitative estimate of drug-likeness (QED) is 0.542. The van der Waals surface area contributed by atoms with E-state index in [9.17, 15) is 0 Å². The van der Waals surface area contributed by atoms with Crippen molar-refractivity contribution in [3.8, 4) is 0 Å². The van der Waals surface area contributed by atoms with Gasteiger partial charge in [-0.3, -0.25) is 0 Å². The van der Waals surface area contributed by atoms with Crippen LogP contribution in [0.4, 0.5) is 0 Å². The second-order valence-corrected chi connectivity index (χ2v) is 3.63. The predicted molar refractivity (Wildman–Crippen MR) is 87.4 cm³/mol. The average molecular weight is 259 g/mol. The zero-order valence-corrected chi connectivity index (χ0v) is 12.6. The summed E-state index contributed by atoms with van der Waals surface area (Å²) < 4.78 is 0. The molecule has 0 nitrogen and oxygen atoms in total. The van der Waals surface area contributed by atoms with E-state index in [2.05, 4.69) is 13.8 Å². The number of hydrogen-bond donors (Lipinski definition) is 0. The van der Waals surface area contributed by atoms with E-state index in [-0.39, 0.29) is 23.1 Å². The van der Waals surface area contributed by atoms with Crippen molar-refractivity contribution >= 4 is 35.2 Å². The Labute approximate surface area is 133 Å². The van der Waals surface area contributed by atoms with Gasteiger partial charge in [0.2, 0.25) is 0 Å². The van der Waals surface area contributed by atoms with E-state index < -0.39 is 0 Å². The second-order valence-electron chi connectivity index (χ2n) is 3.63. The average Bonchev–Trinajstić information content (AvgIpc) is 2.43. The summed E-state index contributed by atoms with van der Waals surface area (Å²) >= 11 is 0. The molecule has 0 aliphatic rings. The predicted octanol–water partition coefficient (Wildman–Crippen LogP) is 4.69. The Bertz CT molecular complexity index is 422. The first-order chi connectivity index (χ1) is 8.86. The van der Waals surface area contributed by atoms with Gasteiger partial charge in [-0.1, -0.05) is 60.7 Å². The topological polar surface area (TPSA) is 0 Å². The number of benzene rings is 2. The molecule has 2 rings (SSSR count). The number of rotatable bonds is 2. The van der Waals surface area contributed by atoms with E-state index in [0.717, 1.165) is 0 Å². The molecular weight excluding hydrogens is 241 g/mol. The molecule has 2 aromatic rings. The summed E-state index contributed by atoms with van der Waals surface area (Å²) in [4.78, 5) is 0. The van der Waals surface area contributed by atoms with Gasteiger partial charge in [-0.15, -0.1) is 11.1 Å². The Balaban J connectivity index is 0.000000324. The van der Waals surface area contributed by atoms with E-state index in [1.807, 2.05) is 72.8 Å². The molecule has 0 heterocycles. The molecule has 0 amide bonds. The van der Waals surface area contributed by atoms with E-state index in [0.29, 0.717) is 0 Å². The fourth-order valence-electron chi connectivity index (χ4n) is 1.40. The summed E-state index contributed by atoms with van der Waals surface area (Å²) in [6, 6.07) is 20.2. The minimum atomic E-state index is 0. The van der Waals surface area contributed by atoms with Gasteiger partial charge in [0.05, 0.1) is 0 Å². The summed E-state index contributed by atoms with van der Waals surface area (Å²) in [5, 5.41) is 0. The molecule has 0 saturated heterocycles. The first kappa shape index (κ1) is 17.4. The Morgan fingerprint density at radius 3 is 1.16 bits per heavy atom. The van der Waals surface area contributed by atoms with Crippen LogP contribution in [0, 0.1) is 13.8 Å². The monoisotopic (exact) mass is 258 g/mol. The first-order valence-electron chi connectivity index (χ1n) is 5.88. The molecule has 0 aliphatic heterocycles. The van der Waals surface area contributed by atoms with Crippen molar-refractivity contribution in [3.63, 3.8) is 0 Å². The minimum Gasteiger partial charge on any atom is -0.245 e. The third-order valence-electron chi connectivity index (χ3n) is 2.22. The smallest absolute Gasteiger partial charge is 0.245 e. The maximum absolute atomic E-state index is 3.60. The third-order valence-corrected chi connectivity index (χ3v) is 2.22. The molecule has 0 N–H and O–H groups in total. The number of hydrogen-bond acceptors (Lipinski definition) is 0. The molecule has 0 atom stereocenters. The molecular formula is C18H18Mg. The van der Waals surface area contributed by atoms with Crippen LogP contribution in [0.2, 0.25) is 0 Å². The van der Waals surface area contributed by atoms with Crippen molar-refractivity contribution < 1.29 is 0 Å². The summed E-state index contributed by atoms with van der Waals surface area (Å²) in [7, 11) is 0. The van der Waals surface area contributed by atoms with Crippen molar-refractivity contribution in [2.24, 2.45) is 0 Å². The largest absolute Gasteiger partial charge is 2.00 e. The fraction of sp³-hybridized carbons (Fsp3) is 0. The van der Waals surface area contributed by atoms with Gasteiger partial charge in [-0.2, -0.15) is 0 Å². The Morgan fingerprint density at radius 2 is 0.895 bits per heavy atom. The Kier molecular flexibility index (Phi) is 10.6. The molecule has 1 heteroatoms. The SMILES string of the molecule is [CH2-]/C=C/c1ccccc1.[CH2-]/C=C/c1ccccc1.[Mg+2]. The van der Waals surface area contributed by atoms with E-state index in [1.54, 1.807) is 12.2 Å². The molecule has 0 saturated carbocycles. The molecule has 0 aromatic heterocycles. The summed E-state index contributed by atoms with van der Waals surface area (Å²) in [5.41, 5.74) is 2.40. The fourth-order valence-corrected chi connectivity index (χ4v) is 1.40. The molecule has 0 spiro atoms. The van der Waals surface area contributed by atoms with Crippen molar-refractivity contribution in [2.45, 2.75) is 0 Å². The Morgan fingerprint density at radius 1 is 0.579 bits per heavy atom. The molecule has 0 bridgehead atoms. The van der Waals surface area contributed by atoms with Gasteiger partial charge in [-0.05, 0) is 0 Å². The first-order valence-corrected chi connectivity index (χ1v) is 5.88. The van der Waals surface area contributed by atoms with Crippen LogP contribution in [0.3, 0.4) is 0 Å². The van der Waals surface area contributed by atoms with Crippen LogP contribution in [-0.4, -0.2) is 23.1 Å². The van der Waals surface area contributed by atoms with Crippen molar-refractivity contribution in [3.05, 3.63) is 97.8 Å². The summed E-state index contributed by atoms with van der Waals surface area (Å²) in [6.45, 7) is 7.20. The minimum absolute atomic E-state index is 0. The van der Waals surface area contributed by atoms with Crippen LogP contribution in [0.5, 0.6) is 0 Å². The maximum atomic E-state index is 3.60. The van der Waals surface area contributed by atoms with Gasteiger partial charge in [0.15, 0.2) is 0 Å². The van der Waals surface area contributed by atoms with Crippen LogP contribution < -0.4 is 0 Å². The summed E-state index contributed by atoms with van der Waals surface area (Å²) in [6.07, 6.45) is 7.52. The zero-order valence-electron chi connectivity index (χ0n) is 11.2. The van der Waals surface area contributed by atoms with Gasteiger partial charge in [0.25, 0.3) is 0 Å². The normalized spacial score (nSPS) is 9.68. The third kappa shape index (κ3) is 8.19. The van der Waals surface area contributed by atoms with E-state index in [1.165, 1.54) is 11.1 Å². The molecule has 0 unspecified atom stereocenters. The molecule has 2 aromatic carbocycles. The van der Waals surface area contributed by atoms with Gasteiger partial charge in [0.1, 0.15) is 0 Å². The molecule has 0 fully saturated rings. The molecule has 19 heavy (non-hydrogen) atoms. The van der Waals surface area contributed by atoms with Gasteiger partial charge in [-0.25, -0.2) is 38.2 Å². The van der Waals surface area contributed by atoms with E-state index in [4.69, 9.17) is 0 Å². The van der Waals surface area contributed by atoms with Crippen LogP contribution in [0.25, 0.3) is 12.2 Å². The zero-order chi connectivity index (χ0) is 13.1. The van der Waals surface area contributed by atoms with Crippen molar-refractivity contribution in [2.75, 3.05) is 0 Å². The van der Waals surface area contributed by atoms with Crippen molar-refractivity contribution in [1.29, 1.82) is 0 Å². The van der Waals surface area contributed by atoms with Crippen LogP contribution in [-0.2, 0) is 0 Å². The Hall–Kier alpha value is -1.57.